The van der Waals surface area contributed by atoms with Crippen molar-refractivity contribution in [2.24, 2.45) is 0 Å². The van der Waals surface area contributed by atoms with E-state index in [9.17, 15) is 0 Å². The van der Waals surface area contributed by atoms with Gasteiger partial charge in [-0.05, 0) is 31.2 Å². The third-order valence-electron chi connectivity index (χ3n) is 2.99. The molecule has 1 atom stereocenters. The Kier molecular flexibility index (Phi) is 6.26. The zero-order valence-corrected chi connectivity index (χ0v) is 12.9. The van der Waals surface area contributed by atoms with Crippen LogP contribution in [0.1, 0.15) is 12.7 Å². The van der Waals surface area contributed by atoms with Gasteiger partial charge in [0.1, 0.15) is 11.5 Å². The monoisotopic (exact) mass is 308 g/mol. The molecule has 2 rings (SSSR count). The second-order valence-electron chi connectivity index (χ2n) is 5.01. The SMILES string of the molecule is CC(O)CNCCNCc1ccc(-c2cccc(Cl)c2)o1. The van der Waals surface area contributed by atoms with Crippen LogP contribution < -0.4 is 10.6 Å². The third kappa shape index (κ3) is 5.52. The Hall–Kier alpha value is -1.33. The van der Waals surface area contributed by atoms with Gasteiger partial charge >= 0.3 is 0 Å². The van der Waals surface area contributed by atoms with E-state index in [1.165, 1.54) is 0 Å². The van der Waals surface area contributed by atoms with Crippen molar-refractivity contribution in [2.75, 3.05) is 19.6 Å². The van der Waals surface area contributed by atoms with Gasteiger partial charge in [-0.1, -0.05) is 23.7 Å². The van der Waals surface area contributed by atoms with E-state index < -0.39 is 0 Å². The Labute approximate surface area is 130 Å². The fourth-order valence-electron chi connectivity index (χ4n) is 1.97. The third-order valence-corrected chi connectivity index (χ3v) is 3.22. The quantitative estimate of drug-likeness (QED) is 0.656. The fourth-order valence-corrected chi connectivity index (χ4v) is 2.16. The van der Waals surface area contributed by atoms with E-state index in [1.54, 1.807) is 6.92 Å². The molecule has 0 aliphatic carbocycles. The van der Waals surface area contributed by atoms with Gasteiger partial charge in [0, 0.05) is 30.2 Å². The predicted molar refractivity (Wildman–Crippen MR) is 85.4 cm³/mol. The second kappa shape index (κ2) is 8.20. The lowest BCUT2D eigenvalue weighted by Gasteiger charge is -2.07. The Morgan fingerprint density at radius 3 is 2.76 bits per heavy atom. The van der Waals surface area contributed by atoms with Gasteiger partial charge in [0.25, 0.3) is 0 Å². The largest absolute Gasteiger partial charge is 0.460 e. The molecule has 114 valence electrons. The summed E-state index contributed by atoms with van der Waals surface area (Å²) in [6.07, 6.45) is -0.310. The van der Waals surface area contributed by atoms with Crippen molar-refractivity contribution in [3.63, 3.8) is 0 Å². The van der Waals surface area contributed by atoms with Crippen molar-refractivity contribution in [1.82, 2.24) is 10.6 Å². The molecule has 0 bridgehead atoms. The highest BCUT2D eigenvalue weighted by Crippen LogP contribution is 2.24. The van der Waals surface area contributed by atoms with Crippen LogP contribution in [0.2, 0.25) is 5.02 Å². The Bertz CT molecular complexity index is 555. The summed E-state index contributed by atoms with van der Waals surface area (Å²) in [6, 6.07) is 11.5. The lowest BCUT2D eigenvalue weighted by molar-refractivity contribution is 0.191. The molecule has 3 N–H and O–H groups in total. The van der Waals surface area contributed by atoms with Crippen molar-refractivity contribution < 1.29 is 9.52 Å². The summed E-state index contributed by atoms with van der Waals surface area (Å²) in [5, 5.41) is 16.2. The smallest absolute Gasteiger partial charge is 0.134 e. The van der Waals surface area contributed by atoms with Crippen LogP contribution in [0.5, 0.6) is 0 Å². The van der Waals surface area contributed by atoms with Gasteiger partial charge < -0.3 is 20.2 Å². The van der Waals surface area contributed by atoms with E-state index in [0.717, 1.165) is 30.2 Å². The molecule has 0 fully saturated rings. The summed E-state index contributed by atoms with van der Waals surface area (Å²) in [5.74, 6) is 1.71. The molecule has 5 heteroatoms. The Balaban J connectivity index is 1.76. The van der Waals surface area contributed by atoms with Crippen LogP contribution in [0.25, 0.3) is 11.3 Å². The van der Waals surface area contributed by atoms with Gasteiger partial charge in [-0.25, -0.2) is 0 Å². The van der Waals surface area contributed by atoms with Gasteiger partial charge in [0.15, 0.2) is 0 Å². The average molecular weight is 309 g/mol. The lowest BCUT2D eigenvalue weighted by atomic mass is 10.2. The van der Waals surface area contributed by atoms with Gasteiger partial charge in [-0.2, -0.15) is 0 Å². The molecule has 2 aromatic rings. The van der Waals surface area contributed by atoms with Crippen molar-refractivity contribution in [3.05, 3.63) is 47.2 Å². The van der Waals surface area contributed by atoms with E-state index in [1.807, 2.05) is 36.4 Å². The number of furan rings is 1. The maximum Gasteiger partial charge on any atom is 0.134 e. The first-order valence-corrected chi connectivity index (χ1v) is 7.47. The van der Waals surface area contributed by atoms with Crippen LogP contribution in [0.4, 0.5) is 0 Å². The molecule has 0 aliphatic rings. The van der Waals surface area contributed by atoms with E-state index in [4.69, 9.17) is 21.1 Å². The number of rotatable bonds is 8. The zero-order valence-electron chi connectivity index (χ0n) is 12.1. The molecule has 0 saturated carbocycles. The molecule has 1 aromatic heterocycles. The number of hydrogen-bond donors (Lipinski definition) is 3. The van der Waals surface area contributed by atoms with E-state index in [0.29, 0.717) is 18.1 Å². The van der Waals surface area contributed by atoms with Crippen LogP contribution in [0.15, 0.2) is 40.8 Å². The molecule has 1 aromatic carbocycles. The molecular formula is C16H21ClN2O2. The first kappa shape index (κ1) is 16.0. The van der Waals surface area contributed by atoms with Crippen LogP contribution in [-0.4, -0.2) is 30.8 Å². The lowest BCUT2D eigenvalue weighted by Crippen LogP contribution is -2.31. The van der Waals surface area contributed by atoms with Crippen LogP contribution in [0, 0.1) is 0 Å². The molecule has 0 amide bonds. The first-order valence-electron chi connectivity index (χ1n) is 7.09. The highest BCUT2D eigenvalue weighted by atomic mass is 35.5. The van der Waals surface area contributed by atoms with Gasteiger partial charge in [-0.3, -0.25) is 0 Å². The van der Waals surface area contributed by atoms with Crippen molar-refractivity contribution in [2.45, 2.75) is 19.6 Å². The van der Waals surface area contributed by atoms with E-state index in [-0.39, 0.29) is 6.10 Å². The summed E-state index contributed by atoms with van der Waals surface area (Å²) in [5.41, 5.74) is 0.979. The maximum absolute atomic E-state index is 9.11. The molecule has 1 unspecified atom stereocenters. The normalized spacial score (nSPS) is 12.5. The highest BCUT2D eigenvalue weighted by Gasteiger charge is 2.05. The topological polar surface area (TPSA) is 57.4 Å². The number of benzene rings is 1. The van der Waals surface area contributed by atoms with E-state index >= 15 is 0 Å². The number of aliphatic hydroxyl groups excluding tert-OH is 1. The Morgan fingerprint density at radius 2 is 2.00 bits per heavy atom. The van der Waals surface area contributed by atoms with Gasteiger partial charge in [0.05, 0.1) is 12.6 Å². The molecular weight excluding hydrogens is 288 g/mol. The number of halogens is 1. The van der Waals surface area contributed by atoms with Crippen LogP contribution >= 0.6 is 11.6 Å². The van der Waals surface area contributed by atoms with E-state index in [2.05, 4.69) is 10.6 Å². The standard InChI is InChI=1S/C16H21ClN2O2/c1-12(20)10-18-7-8-19-11-15-5-6-16(21-15)13-3-2-4-14(17)9-13/h2-6,9,12,18-20H,7-8,10-11H2,1H3. The van der Waals surface area contributed by atoms with Gasteiger partial charge in [0.2, 0.25) is 0 Å². The van der Waals surface area contributed by atoms with Crippen molar-refractivity contribution in [1.29, 1.82) is 0 Å². The molecule has 21 heavy (non-hydrogen) atoms. The van der Waals surface area contributed by atoms with Crippen molar-refractivity contribution >= 4 is 11.6 Å². The molecule has 0 saturated heterocycles. The maximum atomic E-state index is 9.11. The molecule has 0 aliphatic heterocycles. The fraction of sp³-hybridized carbons (Fsp3) is 0.375. The Morgan fingerprint density at radius 1 is 1.19 bits per heavy atom. The molecule has 4 nitrogen and oxygen atoms in total. The van der Waals surface area contributed by atoms with Crippen LogP contribution in [-0.2, 0) is 6.54 Å². The minimum atomic E-state index is -0.310. The van der Waals surface area contributed by atoms with Crippen LogP contribution in [0.3, 0.4) is 0 Å². The number of aliphatic hydroxyl groups is 1. The number of hydrogen-bond acceptors (Lipinski definition) is 4. The molecule has 1 heterocycles. The number of nitrogens with one attached hydrogen (secondary N) is 2. The summed E-state index contributed by atoms with van der Waals surface area (Å²) in [7, 11) is 0. The molecule has 0 spiro atoms. The van der Waals surface area contributed by atoms with Gasteiger partial charge in [-0.15, -0.1) is 0 Å². The first-order chi connectivity index (χ1) is 10.1. The highest BCUT2D eigenvalue weighted by molar-refractivity contribution is 6.30. The minimum absolute atomic E-state index is 0.310. The summed E-state index contributed by atoms with van der Waals surface area (Å²) in [6.45, 7) is 4.69. The zero-order chi connectivity index (χ0) is 15.1. The molecule has 0 radical (unpaired) electrons. The second-order valence-corrected chi connectivity index (χ2v) is 5.44. The average Bonchev–Trinajstić information content (AvgIpc) is 2.91. The summed E-state index contributed by atoms with van der Waals surface area (Å²) in [4.78, 5) is 0. The summed E-state index contributed by atoms with van der Waals surface area (Å²) < 4.78 is 5.79. The summed E-state index contributed by atoms with van der Waals surface area (Å²) >= 11 is 5.98. The minimum Gasteiger partial charge on any atom is -0.460 e. The van der Waals surface area contributed by atoms with Crippen molar-refractivity contribution in [3.8, 4) is 11.3 Å². The predicted octanol–water partition coefficient (Wildman–Crippen LogP) is 2.66.